The van der Waals surface area contributed by atoms with E-state index < -0.39 is 0 Å². The van der Waals surface area contributed by atoms with Crippen molar-refractivity contribution in [2.75, 3.05) is 26.1 Å². The zero-order chi connectivity index (χ0) is 26.1. The summed E-state index contributed by atoms with van der Waals surface area (Å²) >= 11 is 0. The lowest BCUT2D eigenvalue weighted by Gasteiger charge is -2.29. The Balaban J connectivity index is 1.30. The summed E-state index contributed by atoms with van der Waals surface area (Å²) < 4.78 is 12.9. The van der Waals surface area contributed by atoms with Crippen molar-refractivity contribution in [1.29, 1.82) is 0 Å². The predicted molar refractivity (Wildman–Crippen MR) is 147 cm³/mol. The fourth-order valence-corrected chi connectivity index (χ4v) is 4.89. The smallest absolute Gasteiger partial charge is 0.270 e. The third-order valence-corrected chi connectivity index (χ3v) is 6.83. The third-order valence-electron chi connectivity index (χ3n) is 6.83. The number of hydrogen-bond acceptors (Lipinski definition) is 6. The van der Waals surface area contributed by atoms with Gasteiger partial charge in [-0.05, 0) is 42.5 Å². The number of benzene rings is 2. The first-order chi connectivity index (χ1) is 18.6. The fraction of sp³-hybridized carbons (Fsp3) is 0.167. The molecule has 0 unspecified atom stereocenters. The molecule has 0 saturated heterocycles. The summed E-state index contributed by atoms with van der Waals surface area (Å²) in [7, 11) is 3.25. The first-order valence-corrected chi connectivity index (χ1v) is 12.4. The van der Waals surface area contributed by atoms with E-state index in [0.29, 0.717) is 31.1 Å². The Kier molecular flexibility index (Phi) is 6.13. The molecule has 1 amide bonds. The van der Waals surface area contributed by atoms with Gasteiger partial charge in [-0.25, -0.2) is 4.98 Å². The third kappa shape index (κ3) is 4.41. The maximum atomic E-state index is 13.5. The van der Waals surface area contributed by atoms with E-state index in [4.69, 9.17) is 14.5 Å². The summed E-state index contributed by atoms with van der Waals surface area (Å²) in [5.74, 6) is 2.15. The van der Waals surface area contributed by atoms with Gasteiger partial charge in [0.15, 0.2) is 0 Å². The van der Waals surface area contributed by atoms with Crippen molar-refractivity contribution >= 4 is 28.3 Å². The number of hydrogen-bond donors (Lipinski definition) is 1. The number of ether oxygens (including phenoxy) is 2. The zero-order valence-electron chi connectivity index (χ0n) is 21.2. The van der Waals surface area contributed by atoms with E-state index in [1.165, 1.54) is 0 Å². The van der Waals surface area contributed by atoms with Crippen molar-refractivity contribution < 1.29 is 14.3 Å². The van der Waals surface area contributed by atoms with Crippen LogP contribution >= 0.6 is 0 Å². The average Bonchev–Trinajstić information content (AvgIpc) is 3.40. The van der Waals surface area contributed by atoms with Gasteiger partial charge < -0.3 is 24.3 Å². The Labute approximate surface area is 220 Å². The molecule has 0 spiro atoms. The van der Waals surface area contributed by atoms with Crippen LogP contribution in [-0.4, -0.2) is 46.1 Å². The van der Waals surface area contributed by atoms with Crippen molar-refractivity contribution in [3.05, 3.63) is 96.6 Å². The molecule has 0 radical (unpaired) electrons. The van der Waals surface area contributed by atoms with Crippen molar-refractivity contribution in [2.24, 2.45) is 0 Å². The van der Waals surface area contributed by atoms with Gasteiger partial charge in [-0.3, -0.25) is 9.78 Å². The molecule has 5 aromatic rings. The number of fused-ring (bicyclic) bond motifs is 2. The van der Waals surface area contributed by atoms with E-state index in [9.17, 15) is 4.79 Å². The second-order valence-corrected chi connectivity index (χ2v) is 9.15. The number of methoxy groups -OCH3 is 2. The SMILES string of the molecule is COc1ccc(CN2CCn3cc(-c4cccc5ccc(Nc6cccnc6)nc45)cc3C2=O)c(OC)c1. The molecule has 190 valence electrons. The number of carbonyl (C=O) groups excluding carboxylic acids is 1. The Morgan fingerprint density at radius 1 is 0.974 bits per heavy atom. The largest absolute Gasteiger partial charge is 0.497 e. The molecule has 0 bridgehead atoms. The molecule has 8 nitrogen and oxygen atoms in total. The maximum Gasteiger partial charge on any atom is 0.270 e. The molecule has 1 N–H and O–H groups in total. The molecule has 4 heterocycles. The topological polar surface area (TPSA) is 81.5 Å². The highest BCUT2D eigenvalue weighted by molar-refractivity contribution is 5.99. The van der Waals surface area contributed by atoms with Gasteiger partial charge in [-0.15, -0.1) is 0 Å². The van der Waals surface area contributed by atoms with Crippen LogP contribution in [0.4, 0.5) is 11.5 Å². The highest BCUT2D eigenvalue weighted by Crippen LogP contribution is 2.33. The highest BCUT2D eigenvalue weighted by atomic mass is 16.5. The molecular weight excluding hydrogens is 478 g/mol. The molecule has 0 saturated carbocycles. The van der Waals surface area contributed by atoms with Crippen LogP contribution in [0.3, 0.4) is 0 Å². The molecule has 38 heavy (non-hydrogen) atoms. The number of nitrogens with zero attached hydrogens (tertiary/aromatic N) is 4. The average molecular weight is 506 g/mol. The summed E-state index contributed by atoms with van der Waals surface area (Å²) in [6.45, 7) is 1.79. The van der Waals surface area contributed by atoms with E-state index in [0.717, 1.165) is 44.8 Å². The van der Waals surface area contributed by atoms with Crippen LogP contribution in [0.15, 0.2) is 85.3 Å². The van der Waals surface area contributed by atoms with Gasteiger partial charge in [0.25, 0.3) is 5.91 Å². The standard InChI is InChI=1S/C30H27N5O3/c1-37-24-10-8-21(27(16-24)38-2)18-35-14-13-34-19-22(15-26(34)30(35)36)25-7-3-5-20-9-11-28(33-29(20)25)32-23-6-4-12-31-17-23/h3-12,15-17,19H,13-14,18H2,1-2H3,(H,32,33). The Hall–Kier alpha value is -4.85. The van der Waals surface area contributed by atoms with Gasteiger partial charge in [-0.2, -0.15) is 0 Å². The molecule has 8 heteroatoms. The van der Waals surface area contributed by atoms with Gasteiger partial charge in [0.05, 0.1) is 31.6 Å². The van der Waals surface area contributed by atoms with E-state index in [-0.39, 0.29) is 5.91 Å². The summed E-state index contributed by atoms with van der Waals surface area (Å²) in [5.41, 5.74) is 5.30. The number of aromatic nitrogens is 3. The minimum absolute atomic E-state index is 0.00694. The van der Waals surface area contributed by atoms with Gasteiger partial charge >= 0.3 is 0 Å². The minimum Gasteiger partial charge on any atom is -0.497 e. The first kappa shape index (κ1) is 23.5. The monoisotopic (exact) mass is 505 g/mol. The molecule has 3 aromatic heterocycles. The van der Waals surface area contributed by atoms with Crippen LogP contribution in [0.1, 0.15) is 16.1 Å². The lowest BCUT2D eigenvalue weighted by Crippen LogP contribution is -2.39. The van der Waals surface area contributed by atoms with Crippen LogP contribution in [0.5, 0.6) is 11.5 Å². The van der Waals surface area contributed by atoms with E-state index in [1.807, 2.05) is 64.1 Å². The fourth-order valence-electron chi connectivity index (χ4n) is 4.89. The second-order valence-electron chi connectivity index (χ2n) is 9.15. The Bertz CT molecular complexity index is 1630. The maximum absolute atomic E-state index is 13.5. The second kappa shape index (κ2) is 9.89. The number of nitrogens with one attached hydrogen (secondary N) is 1. The molecule has 6 rings (SSSR count). The quantitative estimate of drug-likeness (QED) is 0.314. The molecule has 2 aromatic carbocycles. The van der Waals surface area contributed by atoms with Crippen LogP contribution in [0.25, 0.3) is 22.0 Å². The van der Waals surface area contributed by atoms with Gasteiger partial charge in [0, 0.05) is 60.2 Å². The van der Waals surface area contributed by atoms with Crippen molar-refractivity contribution in [1.82, 2.24) is 19.4 Å². The Morgan fingerprint density at radius 2 is 1.89 bits per heavy atom. The van der Waals surface area contributed by atoms with E-state index in [1.54, 1.807) is 26.6 Å². The Morgan fingerprint density at radius 3 is 2.71 bits per heavy atom. The van der Waals surface area contributed by atoms with Crippen LogP contribution < -0.4 is 14.8 Å². The van der Waals surface area contributed by atoms with Gasteiger partial charge in [0.2, 0.25) is 0 Å². The van der Waals surface area contributed by atoms with Gasteiger partial charge in [-0.1, -0.05) is 18.2 Å². The lowest BCUT2D eigenvalue weighted by molar-refractivity contribution is 0.0690. The molecule has 1 aliphatic heterocycles. The molecule has 0 atom stereocenters. The number of para-hydroxylation sites is 1. The normalized spacial score (nSPS) is 12.9. The van der Waals surface area contributed by atoms with Crippen LogP contribution in [0, 0.1) is 0 Å². The summed E-state index contributed by atoms with van der Waals surface area (Å²) in [4.78, 5) is 24.4. The van der Waals surface area contributed by atoms with Gasteiger partial charge in [0.1, 0.15) is 23.0 Å². The molecule has 0 aliphatic carbocycles. The predicted octanol–water partition coefficient (Wildman–Crippen LogP) is 5.52. The lowest BCUT2D eigenvalue weighted by atomic mass is 10.0. The van der Waals surface area contributed by atoms with Crippen molar-refractivity contribution in [3.63, 3.8) is 0 Å². The molecule has 0 fully saturated rings. The van der Waals surface area contributed by atoms with Crippen molar-refractivity contribution in [2.45, 2.75) is 13.1 Å². The summed E-state index contributed by atoms with van der Waals surface area (Å²) in [6, 6.07) is 21.6. The van der Waals surface area contributed by atoms with Crippen LogP contribution in [0.2, 0.25) is 0 Å². The number of pyridine rings is 2. The number of carbonyl (C=O) groups is 1. The zero-order valence-corrected chi connectivity index (χ0v) is 21.2. The number of amides is 1. The van der Waals surface area contributed by atoms with Crippen molar-refractivity contribution in [3.8, 4) is 22.6 Å². The van der Waals surface area contributed by atoms with E-state index >= 15 is 0 Å². The highest BCUT2D eigenvalue weighted by Gasteiger charge is 2.27. The summed E-state index contributed by atoms with van der Waals surface area (Å²) in [5, 5.41) is 4.35. The minimum atomic E-state index is -0.00694. The molecule has 1 aliphatic rings. The number of rotatable bonds is 7. The first-order valence-electron chi connectivity index (χ1n) is 12.4. The number of anilines is 2. The van der Waals surface area contributed by atoms with E-state index in [2.05, 4.69) is 28.6 Å². The summed E-state index contributed by atoms with van der Waals surface area (Å²) in [6.07, 6.45) is 5.55. The van der Waals surface area contributed by atoms with Crippen LogP contribution in [-0.2, 0) is 13.1 Å². The molecular formula is C30H27N5O3.